The molecule has 2 aromatic heterocycles. The quantitative estimate of drug-likeness (QED) is 0.596. The first-order valence-corrected chi connectivity index (χ1v) is 6.01. The van der Waals surface area contributed by atoms with Gasteiger partial charge in [0, 0.05) is 23.1 Å². The molecule has 0 N–H and O–H groups in total. The molecule has 3 rings (SSSR count). The summed E-state index contributed by atoms with van der Waals surface area (Å²) in [6.07, 6.45) is 1.72. The van der Waals surface area contributed by atoms with Gasteiger partial charge in [-0.05, 0) is 28.1 Å². The monoisotopic (exact) mass is 288 g/mol. The molecule has 17 heavy (non-hydrogen) atoms. The molecule has 0 fully saturated rings. The Kier molecular flexibility index (Phi) is 2.26. The van der Waals surface area contributed by atoms with Crippen LogP contribution in [0.15, 0.2) is 45.8 Å². The predicted molar refractivity (Wildman–Crippen MR) is 72.2 cm³/mol. The molecular formula is C13H9BrN2O. The van der Waals surface area contributed by atoms with Crippen LogP contribution in [0.4, 0.5) is 0 Å². The number of rotatable bonds is 0. The summed E-state index contributed by atoms with van der Waals surface area (Å²) in [7, 11) is 1.78. The summed E-state index contributed by atoms with van der Waals surface area (Å²) < 4.78 is 2.48. The third kappa shape index (κ3) is 1.48. The van der Waals surface area contributed by atoms with Gasteiger partial charge in [0.15, 0.2) is 0 Å². The number of halogens is 1. The SMILES string of the molecule is Cn1c(=O)c2cc(Br)cnc2c2ccccc21. The van der Waals surface area contributed by atoms with Crippen LogP contribution in [0, 0.1) is 0 Å². The second kappa shape index (κ2) is 3.67. The van der Waals surface area contributed by atoms with Gasteiger partial charge in [0.2, 0.25) is 0 Å². The lowest BCUT2D eigenvalue weighted by atomic mass is 10.1. The van der Waals surface area contributed by atoms with Crippen molar-refractivity contribution in [3.05, 3.63) is 51.4 Å². The van der Waals surface area contributed by atoms with Gasteiger partial charge in [0.05, 0.1) is 16.4 Å². The molecule has 0 radical (unpaired) electrons. The minimum Gasteiger partial charge on any atom is -0.311 e. The second-order valence-electron chi connectivity index (χ2n) is 3.93. The Hall–Kier alpha value is -1.68. The number of nitrogens with zero attached hydrogens (tertiary/aromatic N) is 2. The van der Waals surface area contributed by atoms with E-state index in [0.29, 0.717) is 5.39 Å². The molecule has 0 saturated heterocycles. The highest BCUT2D eigenvalue weighted by Gasteiger charge is 2.09. The largest absolute Gasteiger partial charge is 0.311 e. The minimum absolute atomic E-state index is 0.0208. The van der Waals surface area contributed by atoms with E-state index in [1.165, 1.54) is 0 Å². The van der Waals surface area contributed by atoms with E-state index in [0.717, 1.165) is 20.9 Å². The highest BCUT2D eigenvalue weighted by Crippen LogP contribution is 2.22. The molecule has 0 aliphatic rings. The molecule has 0 amide bonds. The molecule has 0 spiro atoms. The molecule has 84 valence electrons. The van der Waals surface area contributed by atoms with Crippen LogP contribution in [0.5, 0.6) is 0 Å². The van der Waals surface area contributed by atoms with Crippen molar-refractivity contribution < 1.29 is 0 Å². The minimum atomic E-state index is -0.0208. The van der Waals surface area contributed by atoms with Gasteiger partial charge >= 0.3 is 0 Å². The van der Waals surface area contributed by atoms with Crippen molar-refractivity contribution in [2.75, 3.05) is 0 Å². The van der Waals surface area contributed by atoms with Crippen molar-refractivity contribution in [3.8, 4) is 0 Å². The molecule has 1 aromatic carbocycles. The molecule has 0 aliphatic carbocycles. The zero-order valence-electron chi connectivity index (χ0n) is 9.14. The summed E-state index contributed by atoms with van der Waals surface area (Å²) >= 11 is 3.34. The molecule has 0 saturated carbocycles. The first kappa shape index (κ1) is 10.5. The maximum atomic E-state index is 12.2. The van der Waals surface area contributed by atoms with Crippen LogP contribution in [-0.4, -0.2) is 9.55 Å². The molecule has 2 heterocycles. The number of aromatic nitrogens is 2. The third-order valence-corrected chi connectivity index (χ3v) is 3.34. The fourth-order valence-corrected chi connectivity index (χ4v) is 2.40. The van der Waals surface area contributed by atoms with Crippen molar-refractivity contribution in [3.63, 3.8) is 0 Å². The Morgan fingerprint density at radius 1 is 1.24 bits per heavy atom. The lowest BCUT2D eigenvalue weighted by Crippen LogP contribution is -2.17. The lowest BCUT2D eigenvalue weighted by molar-refractivity contribution is 0.917. The summed E-state index contributed by atoms with van der Waals surface area (Å²) in [5, 5.41) is 1.64. The molecule has 3 aromatic rings. The average molecular weight is 289 g/mol. The standard InChI is InChI=1S/C13H9BrN2O/c1-16-11-5-3-2-4-9(11)12-10(13(16)17)6-8(14)7-15-12/h2-7H,1H3. The van der Waals surface area contributed by atoms with E-state index in [9.17, 15) is 4.79 Å². The predicted octanol–water partition coefficient (Wildman–Crippen LogP) is 2.85. The van der Waals surface area contributed by atoms with Crippen molar-refractivity contribution in [1.82, 2.24) is 9.55 Å². The van der Waals surface area contributed by atoms with Crippen molar-refractivity contribution >= 4 is 37.7 Å². The number of para-hydroxylation sites is 1. The number of hydrogen-bond donors (Lipinski definition) is 0. The summed E-state index contributed by atoms with van der Waals surface area (Å²) in [6.45, 7) is 0. The van der Waals surface area contributed by atoms with Gasteiger partial charge in [0.1, 0.15) is 0 Å². The maximum absolute atomic E-state index is 12.2. The molecule has 0 aliphatic heterocycles. The van der Waals surface area contributed by atoms with Gasteiger partial charge in [-0.25, -0.2) is 0 Å². The number of pyridine rings is 2. The number of benzene rings is 1. The second-order valence-corrected chi connectivity index (χ2v) is 4.85. The summed E-state index contributed by atoms with van der Waals surface area (Å²) in [5.41, 5.74) is 1.64. The van der Waals surface area contributed by atoms with E-state index < -0.39 is 0 Å². The third-order valence-electron chi connectivity index (χ3n) is 2.91. The fourth-order valence-electron chi connectivity index (χ4n) is 2.07. The number of fused-ring (bicyclic) bond motifs is 3. The first-order valence-electron chi connectivity index (χ1n) is 5.21. The van der Waals surface area contributed by atoms with Crippen LogP contribution in [0.3, 0.4) is 0 Å². The topological polar surface area (TPSA) is 34.9 Å². The van der Waals surface area contributed by atoms with E-state index in [1.807, 2.05) is 30.3 Å². The van der Waals surface area contributed by atoms with Crippen molar-refractivity contribution in [2.24, 2.45) is 7.05 Å². The Balaban J connectivity index is 2.70. The first-order chi connectivity index (χ1) is 8.18. The molecule has 0 bridgehead atoms. The van der Waals surface area contributed by atoms with Crippen LogP contribution in [0.25, 0.3) is 21.8 Å². The van der Waals surface area contributed by atoms with Gasteiger partial charge in [-0.3, -0.25) is 9.78 Å². The van der Waals surface area contributed by atoms with E-state index >= 15 is 0 Å². The zero-order valence-corrected chi connectivity index (χ0v) is 10.7. The smallest absolute Gasteiger partial charge is 0.260 e. The van der Waals surface area contributed by atoms with E-state index in [-0.39, 0.29) is 5.56 Å². The molecule has 3 nitrogen and oxygen atoms in total. The van der Waals surface area contributed by atoms with Gasteiger partial charge in [-0.15, -0.1) is 0 Å². The van der Waals surface area contributed by atoms with E-state index in [1.54, 1.807) is 17.8 Å². The highest BCUT2D eigenvalue weighted by molar-refractivity contribution is 9.10. The fraction of sp³-hybridized carbons (Fsp3) is 0.0769. The molecule has 0 atom stereocenters. The molecule has 4 heteroatoms. The van der Waals surface area contributed by atoms with Crippen molar-refractivity contribution in [1.29, 1.82) is 0 Å². The lowest BCUT2D eigenvalue weighted by Gasteiger charge is -2.07. The van der Waals surface area contributed by atoms with Gasteiger partial charge in [-0.1, -0.05) is 18.2 Å². The van der Waals surface area contributed by atoms with Gasteiger partial charge < -0.3 is 4.57 Å². The Bertz CT molecular complexity index is 792. The summed E-state index contributed by atoms with van der Waals surface area (Å²) in [6, 6.07) is 9.61. The Morgan fingerprint density at radius 3 is 2.82 bits per heavy atom. The summed E-state index contributed by atoms with van der Waals surface area (Å²) in [5.74, 6) is 0. The van der Waals surface area contributed by atoms with E-state index in [4.69, 9.17) is 0 Å². The van der Waals surface area contributed by atoms with Crippen LogP contribution >= 0.6 is 15.9 Å². The highest BCUT2D eigenvalue weighted by atomic mass is 79.9. The van der Waals surface area contributed by atoms with Crippen LogP contribution < -0.4 is 5.56 Å². The summed E-state index contributed by atoms with van der Waals surface area (Å²) in [4.78, 5) is 16.5. The van der Waals surface area contributed by atoms with Crippen LogP contribution in [-0.2, 0) is 7.05 Å². The van der Waals surface area contributed by atoms with Crippen LogP contribution in [0.1, 0.15) is 0 Å². The Morgan fingerprint density at radius 2 is 2.00 bits per heavy atom. The van der Waals surface area contributed by atoms with Crippen LogP contribution in [0.2, 0.25) is 0 Å². The molecule has 0 unspecified atom stereocenters. The molecular weight excluding hydrogens is 280 g/mol. The number of hydrogen-bond acceptors (Lipinski definition) is 2. The zero-order chi connectivity index (χ0) is 12.0. The average Bonchev–Trinajstić information content (AvgIpc) is 2.36. The maximum Gasteiger partial charge on any atom is 0.260 e. The van der Waals surface area contributed by atoms with E-state index in [2.05, 4.69) is 20.9 Å². The van der Waals surface area contributed by atoms with Crippen molar-refractivity contribution in [2.45, 2.75) is 0 Å². The number of aryl methyl sites for hydroxylation is 1. The van der Waals surface area contributed by atoms with Gasteiger partial charge in [-0.2, -0.15) is 0 Å². The van der Waals surface area contributed by atoms with Gasteiger partial charge in [0.25, 0.3) is 5.56 Å². The normalized spacial score (nSPS) is 11.2. The Labute approximate surface area is 106 Å².